The first-order valence-corrected chi connectivity index (χ1v) is 11.8. The molecule has 0 amide bonds. The van der Waals surface area contributed by atoms with Crippen LogP contribution < -0.4 is 34.5 Å². The van der Waals surface area contributed by atoms with Crippen molar-refractivity contribution in [3.8, 4) is 17.2 Å². The molecule has 0 bridgehead atoms. The van der Waals surface area contributed by atoms with Crippen LogP contribution >= 0.6 is 0 Å². The fourth-order valence-electron chi connectivity index (χ4n) is 4.22. The van der Waals surface area contributed by atoms with Crippen LogP contribution in [0.3, 0.4) is 0 Å². The van der Waals surface area contributed by atoms with Crippen molar-refractivity contribution >= 4 is 34.2 Å². The van der Waals surface area contributed by atoms with Crippen molar-refractivity contribution in [3.05, 3.63) is 81.3 Å². The van der Waals surface area contributed by atoms with E-state index in [1.54, 1.807) is 12.1 Å². The van der Waals surface area contributed by atoms with Crippen molar-refractivity contribution in [2.24, 2.45) is 0 Å². The number of hydrogen-bond donors (Lipinski definition) is 0. The Morgan fingerprint density at radius 1 is 0.939 bits per heavy atom. The van der Waals surface area contributed by atoms with Crippen molar-refractivity contribution in [1.82, 2.24) is 4.90 Å². The van der Waals surface area contributed by atoms with Crippen LogP contribution in [0.4, 0.5) is 4.39 Å². The van der Waals surface area contributed by atoms with Crippen LogP contribution in [0, 0.1) is 5.82 Å². The quantitative estimate of drug-likeness (QED) is 0.536. The first-order valence-electron chi connectivity index (χ1n) is 10.4. The molecule has 0 atom stereocenters. The second-order valence-corrected chi connectivity index (χ2v) is 9.40. The Balaban J connectivity index is 1.48. The molecule has 6 nitrogen and oxygen atoms in total. The second-order valence-electron chi connectivity index (χ2n) is 7.85. The van der Waals surface area contributed by atoms with Crippen LogP contribution in [-0.4, -0.2) is 33.1 Å². The second kappa shape index (κ2) is 7.38. The summed E-state index contributed by atoms with van der Waals surface area (Å²) in [5, 5.41) is 3.51. The first kappa shape index (κ1) is 19.9. The third-order valence-electron chi connectivity index (χ3n) is 5.77. The van der Waals surface area contributed by atoms with Gasteiger partial charge in [-0.2, -0.15) is 8.42 Å². The van der Waals surface area contributed by atoms with Crippen molar-refractivity contribution < 1.29 is 26.5 Å². The zero-order chi connectivity index (χ0) is 22.6. The van der Waals surface area contributed by atoms with E-state index in [2.05, 4.69) is 6.08 Å². The van der Waals surface area contributed by atoms with Gasteiger partial charge in [-0.15, -0.1) is 0 Å². The van der Waals surface area contributed by atoms with Crippen molar-refractivity contribution in [2.45, 2.75) is 4.90 Å². The predicted molar refractivity (Wildman–Crippen MR) is 120 cm³/mol. The average Bonchev–Trinajstić information content (AvgIpc) is 2.82. The minimum Gasteiger partial charge on any atom is -0.486 e. The Morgan fingerprint density at radius 2 is 1.73 bits per heavy atom. The van der Waals surface area contributed by atoms with Crippen molar-refractivity contribution in [1.29, 1.82) is 0 Å². The Kier molecular flexibility index (Phi) is 4.45. The van der Waals surface area contributed by atoms with Gasteiger partial charge in [0.1, 0.15) is 23.9 Å². The van der Waals surface area contributed by atoms with Gasteiger partial charge in [0, 0.05) is 28.9 Å². The molecule has 166 valence electrons. The Bertz CT molecular complexity index is 1660. The zero-order valence-electron chi connectivity index (χ0n) is 17.3. The van der Waals surface area contributed by atoms with E-state index in [0.717, 1.165) is 33.2 Å². The molecule has 0 radical (unpaired) electrons. The highest BCUT2D eigenvalue weighted by molar-refractivity contribution is 7.87. The SMILES string of the molecule is O=S(=O)(Oc1cccc2c1=CN1CC=c3cc4c(cc3=C1C=2)OCCO4)c1cccc(F)c1. The largest absolute Gasteiger partial charge is 0.486 e. The van der Waals surface area contributed by atoms with Crippen LogP contribution in [0.15, 0.2) is 59.5 Å². The number of ether oxygens (including phenoxy) is 2. The zero-order valence-corrected chi connectivity index (χ0v) is 18.1. The molecule has 0 N–H and O–H groups in total. The topological polar surface area (TPSA) is 65.1 Å². The molecular weight excluding hydrogens is 445 g/mol. The van der Waals surface area contributed by atoms with Crippen molar-refractivity contribution in [3.63, 3.8) is 0 Å². The van der Waals surface area contributed by atoms with Gasteiger partial charge in [-0.1, -0.05) is 24.3 Å². The van der Waals surface area contributed by atoms with Gasteiger partial charge in [0.05, 0.1) is 0 Å². The van der Waals surface area contributed by atoms with Gasteiger partial charge in [0.25, 0.3) is 0 Å². The molecule has 3 aromatic rings. The molecular formula is C25H18FNO5S. The maximum Gasteiger partial charge on any atom is 0.339 e. The number of nitrogens with zero attached hydrogens (tertiary/aromatic N) is 1. The molecule has 0 aliphatic carbocycles. The molecule has 0 spiro atoms. The maximum absolute atomic E-state index is 13.6. The Labute approximate surface area is 188 Å². The summed E-state index contributed by atoms with van der Waals surface area (Å²) in [4.78, 5) is 1.79. The van der Waals surface area contributed by atoms with Gasteiger partial charge in [-0.25, -0.2) is 4.39 Å². The molecule has 8 heteroatoms. The average molecular weight is 463 g/mol. The molecule has 0 unspecified atom stereocenters. The molecule has 0 fully saturated rings. The standard InChI is InChI=1S/C25H18FNO5S/c26-18-4-2-5-19(13-18)33(28,29)32-23-6-1-3-16-11-22-20-14-25-24(30-9-10-31-25)12-17(20)7-8-27(22)15-21(16)23/h1-7,11-15H,8-10H2. The van der Waals surface area contributed by atoms with Crippen LogP contribution in [0.25, 0.3) is 24.0 Å². The summed E-state index contributed by atoms with van der Waals surface area (Å²) in [7, 11) is -4.19. The highest BCUT2D eigenvalue weighted by Crippen LogP contribution is 2.27. The summed E-state index contributed by atoms with van der Waals surface area (Å²) in [6.07, 6.45) is 5.95. The molecule has 3 heterocycles. The molecule has 3 aliphatic heterocycles. The van der Waals surface area contributed by atoms with Gasteiger partial charge in [-0.05, 0) is 52.9 Å². The Morgan fingerprint density at radius 3 is 2.55 bits per heavy atom. The number of rotatable bonds is 3. The van der Waals surface area contributed by atoms with Gasteiger partial charge in [0.2, 0.25) is 0 Å². The molecule has 33 heavy (non-hydrogen) atoms. The third-order valence-corrected chi connectivity index (χ3v) is 7.00. The van der Waals surface area contributed by atoms with E-state index in [4.69, 9.17) is 13.7 Å². The summed E-state index contributed by atoms with van der Waals surface area (Å²) in [6.45, 7) is 1.64. The van der Waals surface area contributed by atoms with Crippen LogP contribution in [0.5, 0.6) is 17.2 Å². The van der Waals surface area contributed by atoms with E-state index >= 15 is 0 Å². The molecule has 6 rings (SSSR count). The summed E-state index contributed by atoms with van der Waals surface area (Å²) in [5.41, 5.74) is 0.974. The number of hydrogen-bond acceptors (Lipinski definition) is 6. The minimum atomic E-state index is -4.19. The summed E-state index contributed by atoms with van der Waals surface area (Å²) >= 11 is 0. The van der Waals surface area contributed by atoms with Gasteiger partial charge >= 0.3 is 10.1 Å². The lowest BCUT2D eigenvalue weighted by Gasteiger charge is -2.27. The fraction of sp³-hybridized carbons (Fsp3) is 0.120. The van der Waals surface area contributed by atoms with E-state index in [9.17, 15) is 12.8 Å². The van der Waals surface area contributed by atoms with Crippen LogP contribution in [-0.2, 0) is 10.1 Å². The lowest BCUT2D eigenvalue weighted by Crippen LogP contribution is -2.43. The normalized spacial score (nSPS) is 15.8. The van der Waals surface area contributed by atoms with E-state index in [0.29, 0.717) is 30.7 Å². The Hall–Kier alpha value is -3.78. The third kappa shape index (κ3) is 3.43. The lowest BCUT2D eigenvalue weighted by atomic mass is 10.0. The molecule has 3 aliphatic rings. The summed E-state index contributed by atoms with van der Waals surface area (Å²) < 4.78 is 56.0. The highest BCUT2D eigenvalue weighted by Gasteiger charge is 2.21. The number of halogens is 1. The van der Waals surface area contributed by atoms with Crippen LogP contribution in [0.2, 0.25) is 0 Å². The molecule has 0 saturated heterocycles. The summed E-state index contributed by atoms with van der Waals surface area (Å²) in [6, 6.07) is 13.9. The van der Waals surface area contributed by atoms with Gasteiger partial charge in [0.15, 0.2) is 17.2 Å². The van der Waals surface area contributed by atoms with Crippen molar-refractivity contribution in [2.75, 3.05) is 19.8 Å². The molecule has 3 aromatic carbocycles. The monoisotopic (exact) mass is 463 g/mol. The smallest absolute Gasteiger partial charge is 0.339 e. The van der Waals surface area contributed by atoms with E-state index in [-0.39, 0.29) is 10.6 Å². The molecule has 0 aromatic heterocycles. The highest BCUT2D eigenvalue weighted by atomic mass is 32.2. The fourth-order valence-corrected chi connectivity index (χ4v) is 5.20. The number of benzene rings is 3. The van der Waals surface area contributed by atoms with E-state index in [1.165, 1.54) is 18.2 Å². The van der Waals surface area contributed by atoms with Gasteiger partial charge < -0.3 is 18.6 Å². The minimum absolute atomic E-state index is 0.181. The van der Waals surface area contributed by atoms with Crippen LogP contribution in [0.1, 0.15) is 0 Å². The maximum atomic E-state index is 13.6. The van der Waals surface area contributed by atoms with E-state index < -0.39 is 15.9 Å². The number of fused-ring (bicyclic) bond motifs is 4. The molecule has 0 saturated carbocycles. The lowest BCUT2D eigenvalue weighted by molar-refractivity contribution is 0.171. The predicted octanol–water partition coefficient (Wildman–Crippen LogP) is 0.801. The van der Waals surface area contributed by atoms with Gasteiger partial charge in [-0.3, -0.25) is 0 Å². The van der Waals surface area contributed by atoms with E-state index in [1.807, 2.05) is 35.4 Å². The first-order chi connectivity index (χ1) is 16.0. The summed E-state index contributed by atoms with van der Waals surface area (Å²) in [5.74, 6) is 0.983.